The molecule has 1 amide bonds. The topological polar surface area (TPSA) is 71.0 Å². The van der Waals surface area contributed by atoms with Gasteiger partial charge in [0, 0.05) is 54.6 Å². The van der Waals surface area contributed by atoms with Crippen LogP contribution in [0.2, 0.25) is 0 Å². The van der Waals surface area contributed by atoms with Gasteiger partial charge < -0.3 is 24.8 Å². The molecule has 204 valence electrons. The number of fused-ring (bicyclic) bond motifs is 1. The number of rotatable bonds is 3. The van der Waals surface area contributed by atoms with Gasteiger partial charge in [-0.2, -0.15) is 0 Å². The molecule has 0 aromatic heterocycles. The van der Waals surface area contributed by atoms with Crippen molar-refractivity contribution < 1.29 is 19.4 Å². The smallest absolute Gasteiger partial charge is 0.410 e. The number of nitrogens with one attached hydrogen (secondary N) is 1. The Hall–Kier alpha value is -3.51. The predicted octanol–water partition coefficient (Wildman–Crippen LogP) is 6.36. The van der Waals surface area contributed by atoms with Crippen LogP contribution in [-0.2, 0) is 4.74 Å². The summed E-state index contributed by atoms with van der Waals surface area (Å²) in [6, 6.07) is 25.4. The van der Waals surface area contributed by atoms with Crippen molar-refractivity contribution in [3.63, 3.8) is 0 Å². The monoisotopic (exact) mass is 526 g/mol. The number of ether oxygens (including phenoxy) is 2. The maximum absolute atomic E-state index is 12.6. The zero-order valence-electron chi connectivity index (χ0n) is 23.0. The van der Waals surface area contributed by atoms with E-state index in [4.69, 9.17) is 9.47 Å². The highest BCUT2D eigenvalue weighted by molar-refractivity contribution is 5.68. The molecule has 1 unspecified atom stereocenters. The molecule has 3 aromatic carbocycles. The van der Waals surface area contributed by atoms with Crippen LogP contribution < -0.4 is 10.1 Å². The van der Waals surface area contributed by atoms with Crippen LogP contribution in [0.4, 0.5) is 4.79 Å². The lowest BCUT2D eigenvalue weighted by Gasteiger charge is -2.54. The van der Waals surface area contributed by atoms with Crippen molar-refractivity contribution in [3.05, 3.63) is 95.1 Å². The molecule has 0 bridgehead atoms. The van der Waals surface area contributed by atoms with E-state index in [1.54, 1.807) is 12.1 Å². The Morgan fingerprint density at radius 2 is 1.67 bits per heavy atom. The van der Waals surface area contributed by atoms with Gasteiger partial charge in [0.25, 0.3) is 0 Å². The molecule has 6 nitrogen and oxygen atoms in total. The van der Waals surface area contributed by atoms with E-state index in [1.165, 1.54) is 16.7 Å². The first-order chi connectivity index (χ1) is 18.7. The van der Waals surface area contributed by atoms with Crippen LogP contribution in [0.1, 0.15) is 73.7 Å². The van der Waals surface area contributed by atoms with Gasteiger partial charge in [-0.1, -0.05) is 60.7 Å². The average molecular weight is 527 g/mol. The molecule has 3 aliphatic rings. The number of benzene rings is 3. The molecule has 2 fully saturated rings. The molecule has 0 aliphatic carbocycles. The first-order valence-corrected chi connectivity index (χ1v) is 14.0. The zero-order chi connectivity index (χ0) is 27.2. The second kappa shape index (κ2) is 9.91. The van der Waals surface area contributed by atoms with Gasteiger partial charge in [0.2, 0.25) is 0 Å². The van der Waals surface area contributed by atoms with Crippen LogP contribution in [0.25, 0.3) is 0 Å². The first-order valence-electron chi connectivity index (χ1n) is 14.0. The summed E-state index contributed by atoms with van der Waals surface area (Å²) in [4.78, 5) is 14.4. The van der Waals surface area contributed by atoms with Gasteiger partial charge in [0.05, 0.1) is 6.61 Å². The maximum Gasteiger partial charge on any atom is 0.410 e. The highest BCUT2D eigenvalue weighted by Crippen LogP contribution is 2.50. The second-order valence-corrected chi connectivity index (χ2v) is 12.3. The molecule has 3 atom stereocenters. The van der Waals surface area contributed by atoms with Crippen molar-refractivity contribution in [2.75, 3.05) is 26.2 Å². The minimum Gasteiger partial charge on any atom is -0.508 e. The van der Waals surface area contributed by atoms with Gasteiger partial charge in [-0.25, -0.2) is 4.79 Å². The molecule has 2 N–H and O–H groups in total. The Morgan fingerprint density at radius 1 is 0.974 bits per heavy atom. The van der Waals surface area contributed by atoms with E-state index in [9.17, 15) is 9.90 Å². The van der Waals surface area contributed by atoms with Crippen LogP contribution in [0.3, 0.4) is 0 Å². The number of piperidine rings is 1. The molecule has 0 saturated carbocycles. The van der Waals surface area contributed by atoms with Crippen LogP contribution in [0, 0.1) is 5.41 Å². The van der Waals surface area contributed by atoms with E-state index in [2.05, 4.69) is 53.8 Å². The fourth-order valence-electron chi connectivity index (χ4n) is 6.58. The molecule has 3 aliphatic heterocycles. The van der Waals surface area contributed by atoms with Crippen molar-refractivity contribution in [2.45, 2.75) is 57.1 Å². The SMILES string of the molecule is CC(C)(C)OC(=O)N1CCC2(CC1)CNC2c1ccc([C@@H]2c3ccc(O)cc3OC[C@@H]2c2ccccc2)cc1. The van der Waals surface area contributed by atoms with E-state index in [0.29, 0.717) is 6.61 Å². The number of likely N-dealkylation sites (tertiary alicyclic amines) is 1. The number of amides is 1. The lowest BCUT2D eigenvalue weighted by molar-refractivity contribution is -0.0181. The fourth-order valence-corrected chi connectivity index (χ4v) is 6.58. The third-order valence-electron chi connectivity index (χ3n) is 8.69. The van der Waals surface area contributed by atoms with Crippen molar-refractivity contribution in [2.24, 2.45) is 5.41 Å². The number of hydrogen-bond acceptors (Lipinski definition) is 5. The summed E-state index contributed by atoms with van der Waals surface area (Å²) in [5.74, 6) is 1.29. The minimum atomic E-state index is -0.473. The lowest BCUT2D eigenvalue weighted by Crippen LogP contribution is -2.60. The predicted molar refractivity (Wildman–Crippen MR) is 151 cm³/mol. The normalized spacial score (nSPS) is 23.9. The van der Waals surface area contributed by atoms with Gasteiger partial charge in [-0.3, -0.25) is 0 Å². The summed E-state index contributed by atoms with van der Waals surface area (Å²) >= 11 is 0. The zero-order valence-corrected chi connectivity index (χ0v) is 23.0. The summed E-state index contributed by atoms with van der Waals surface area (Å²) < 4.78 is 11.7. The van der Waals surface area contributed by atoms with E-state index in [0.717, 1.165) is 43.8 Å². The molecule has 6 heteroatoms. The highest BCUT2D eigenvalue weighted by atomic mass is 16.6. The maximum atomic E-state index is 12.6. The third kappa shape index (κ3) is 4.98. The molecule has 3 heterocycles. The van der Waals surface area contributed by atoms with Crippen LogP contribution in [0.15, 0.2) is 72.8 Å². The molecule has 3 aromatic rings. The summed E-state index contributed by atoms with van der Waals surface area (Å²) in [6.07, 6.45) is 1.74. The van der Waals surface area contributed by atoms with Gasteiger partial charge in [0.15, 0.2) is 0 Å². The van der Waals surface area contributed by atoms with Gasteiger partial charge in [0.1, 0.15) is 17.1 Å². The molecular weight excluding hydrogens is 488 g/mol. The van der Waals surface area contributed by atoms with E-state index in [-0.39, 0.29) is 35.1 Å². The Balaban J connectivity index is 1.22. The second-order valence-electron chi connectivity index (χ2n) is 12.3. The Bertz CT molecular complexity index is 1320. The van der Waals surface area contributed by atoms with Gasteiger partial charge in [-0.15, -0.1) is 0 Å². The quantitative estimate of drug-likeness (QED) is 0.415. The minimum absolute atomic E-state index is 0.131. The van der Waals surface area contributed by atoms with Crippen LogP contribution in [-0.4, -0.2) is 47.9 Å². The number of hydrogen-bond donors (Lipinski definition) is 2. The third-order valence-corrected chi connectivity index (χ3v) is 8.69. The van der Waals surface area contributed by atoms with Crippen molar-refractivity contribution >= 4 is 6.09 Å². The average Bonchev–Trinajstić information content (AvgIpc) is 2.92. The number of nitrogens with zero attached hydrogens (tertiary/aromatic N) is 1. The standard InChI is InChI=1S/C33H38N2O4/c1-32(2,3)39-31(37)35-17-15-33(16-18-35)21-34-30(33)24-11-9-23(10-12-24)29-26-14-13-25(36)19-28(26)38-20-27(29)22-7-5-4-6-8-22/h4-14,19,27,29-30,34,36H,15-18,20-21H2,1-3H3/t27-,29-,30?/m1/s1. The number of carbonyl (C=O) groups is 1. The van der Waals surface area contributed by atoms with E-state index < -0.39 is 5.60 Å². The van der Waals surface area contributed by atoms with Crippen molar-refractivity contribution in [1.29, 1.82) is 0 Å². The van der Waals surface area contributed by atoms with Crippen LogP contribution >= 0.6 is 0 Å². The summed E-state index contributed by atoms with van der Waals surface area (Å²) in [6.45, 7) is 8.75. The lowest BCUT2D eigenvalue weighted by atomic mass is 9.64. The Labute approximate surface area is 230 Å². The van der Waals surface area contributed by atoms with Gasteiger partial charge >= 0.3 is 6.09 Å². The number of phenolic OH excluding ortho intramolecular Hbond substituents is 1. The molecule has 6 rings (SSSR count). The van der Waals surface area contributed by atoms with E-state index in [1.807, 2.05) is 37.8 Å². The number of carbonyl (C=O) groups excluding carboxylic acids is 1. The number of aromatic hydroxyl groups is 1. The van der Waals surface area contributed by atoms with Crippen molar-refractivity contribution in [1.82, 2.24) is 10.2 Å². The largest absolute Gasteiger partial charge is 0.508 e. The number of phenols is 1. The summed E-state index contributed by atoms with van der Waals surface area (Å²) in [5.41, 5.74) is 4.60. The Kier molecular flexibility index (Phi) is 6.54. The fraction of sp³-hybridized carbons (Fsp3) is 0.424. The van der Waals surface area contributed by atoms with Gasteiger partial charge in [-0.05, 0) is 56.4 Å². The first kappa shape index (κ1) is 25.8. The molecule has 1 spiro atoms. The van der Waals surface area contributed by atoms with Crippen LogP contribution in [0.5, 0.6) is 11.5 Å². The molecule has 2 saturated heterocycles. The highest BCUT2D eigenvalue weighted by Gasteiger charge is 2.49. The molecule has 0 radical (unpaired) electrons. The van der Waals surface area contributed by atoms with Crippen molar-refractivity contribution in [3.8, 4) is 11.5 Å². The molecule has 39 heavy (non-hydrogen) atoms. The summed E-state index contributed by atoms with van der Waals surface area (Å²) in [7, 11) is 0. The molecular formula is C33H38N2O4. The van der Waals surface area contributed by atoms with E-state index >= 15 is 0 Å². The summed E-state index contributed by atoms with van der Waals surface area (Å²) in [5, 5.41) is 13.7. The Morgan fingerprint density at radius 3 is 2.31 bits per heavy atom.